The Hall–Kier alpha value is -1.79. The smallest absolute Gasteiger partial charge is 0.253 e. The molecule has 0 spiro atoms. The molecule has 0 saturated carbocycles. The lowest BCUT2D eigenvalue weighted by molar-refractivity contribution is 0.0707. The molecule has 0 fully saturated rings. The van der Waals surface area contributed by atoms with Crippen molar-refractivity contribution in [2.75, 3.05) is 13.6 Å². The number of carbonyl (C=O) groups is 1. The molecule has 3 heteroatoms. The molecule has 2 N–H and O–H groups in total. The summed E-state index contributed by atoms with van der Waals surface area (Å²) in [5.41, 5.74) is 6.89. The van der Waals surface area contributed by atoms with Crippen LogP contribution in [-0.2, 0) is 0 Å². The molecule has 0 radical (unpaired) electrons. The molecule has 0 heterocycles. The van der Waals surface area contributed by atoms with Crippen LogP contribution in [0.2, 0.25) is 0 Å². The fraction of sp³-hybridized carbons (Fsp3) is 0.438. The Morgan fingerprint density at radius 1 is 1.26 bits per heavy atom. The van der Waals surface area contributed by atoms with Crippen LogP contribution in [0.1, 0.15) is 36.7 Å². The van der Waals surface area contributed by atoms with E-state index < -0.39 is 0 Å². The van der Waals surface area contributed by atoms with Crippen LogP contribution in [0.15, 0.2) is 24.3 Å². The number of nitrogens with two attached hydrogens (primary N) is 1. The van der Waals surface area contributed by atoms with Crippen molar-refractivity contribution in [1.82, 2.24) is 4.90 Å². The molecule has 1 rings (SSSR count). The summed E-state index contributed by atoms with van der Waals surface area (Å²) in [5, 5.41) is 0. The van der Waals surface area contributed by atoms with Gasteiger partial charge in [-0.05, 0) is 37.1 Å². The van der Waals surface area contributed by atoms with Gasteiger partial charge in [-0.2, -0.15) is 0 Å². The first-order valence-electron chi connectivity index (χ1n) is 6.53. The normalized spacial score (nSPS) is 11.7. The summed E-state index contributed by atoms with van der Waals surface area (Å²) < 4.78 is 0. The second kappa shape index (κ2) is 6.96. The standard InChI is InChI=1S/C16H22N2O/c1-12(2)13(3)18(4)16(19)15-9-7-14(8-10-15)6-5-11-17/h7-10,12-13H,11,17H2,1-4H3. The van der Waals surface area contributed by atoms with Crippen LogP contribution in [0.3, 0.4) is 0 Å². The molecular weight excluding hydrogens is 236 g/mol. The summed E-state index contributed by atoms with van der Waals surface area (Å²) in [6, 6.07) is 7.54. The van der Waals surface area contributed by atoms with E-state index >= 15 is 0 Å². The highest BCUT2D eigenvalue weighted by Crippen LogP contribution is 2.13. The molecule has 0 bridgehead atoms. The first-order valence-corrected chi connectivity index (χ1v) is 6.53. The van der Waals surface area contributed by atoms with Crippen LogP contribution in [0.4, 0.5) is 0 Å². The number of benzene rings is 1. The van der Waals surface area contributed by atoms with Crippen molar-refractivity contribution in [2.45, 2.75) is 26.8 Å². The number of carbonyl (C=O) groups excluding carboxylic acids is 1. The van der Waals surface area contributed by atoms with Gasteiger partial charge >= 0.3 is 0 Å². The zero-order valence-corrected chi connectivity index (χ0v) is 12.1. The van der Waals surface area contributed by atoms with Crippen LogP contribution in [0.5, 0.6) is 0 Å². The zero-order chi connectivity index (χ0) is 14.4. The van der Waals surface area contributed by atoms with E-state index in [1.54, 1.807) is 4.90 Å². The first kappa shape index (κ1) is 15.3. The van der Waals surface area contributed by atoms with Crippen molar-refractivity contribution < 1.29 is 4.79 Å². The van der Waals surface area contributed by atoms with Gasteiger partial charge in [0.25, 0.3) is 5.91 Å². The molecule has 1 atom stereocenters. The molecule has 0 aliphatic heterocycles. The molecule has 0 saturated heterocycles. The number of amides is 1. The Labute approximate surface area is 115 Å². The second-order valence-corrected chi connectivity index (χ2v) is 4.98. The zero-order valence-electron chi connectivity index (χ0n) is 12.1. The van der Waals surface area contributed by atoms with Gasteiger partial charge in [0.15, 0.2) is 0 Å². The van der Waals surface area contributed by atoms with Gasteiger partial charge in [-0.15, -0.1) is 0 Å². The van der Waals surface area contributed by atoms with Gasteiger partial charge in [-0.25, -0.2) is 0 Å². The fourth-order valence-corrected chi connectivity index (χ4v) is 1.69. The van der Waals surface area contributed by atoms with Crippen molar-refractivity contribution >= 4 is 5.91 Å². The lowest BCUT2D eigenvalue weighted by atomic mass is 10.0. The number of rotatable bonds is 3. The molecule has 102 valence electrons. The third-order valence-corrected chi connectivity index (χ3v) is 3.36. The minimum Gasteiger partial charge on any atom is -0.339 e. The summed E-state index contributed by atoms with van der Waals surface area (Å²) in [7, 11) is 1.84. The first-order chi connectivity index (χ1) is 8.97. The second-order valence-electron chi connectivity index (χ2n) is 4.98. The Morgan fingerprint density at radius 2 is 1.84 bits per heavy atom. The van der Waals surface area contributed by atoms with E-state index in [2.05, 4.69) is 32.6 Å². The molecule has 0 aliphatic rings. The molecule has 1 amide bonds. The van der Waals surface area contributed by atoms with Crippen molar-refractivity contribution in [3.8, 4) is 11.8 Å². The Balaban J connectivity index is 2.83. The van der Waals surface area contributed by atoms with Gasteiger partial charge in [0.1, 0.15) is 0 Å². The maximum atomic E-state index is 12.3. The lowest BCUT2D eigenvalue weighted by Crippen LogP contribution is -2.38. The van der Waals surface area contributed by atoms with Crippen LogP contribution in [0, 0.1) is 17.8 Å². The van der Waals surface area contributed by atoms with Gasteiger partial charge in [-0.3, -0.25) is 4.79 Å². The minimum absolute atomic E-state index is 0.0412. The van der Waals surface area contributed by atoms with Gasteiger partial charge in [0.05, 0.1) is 6.54 Å². The molecular formula is C16H22N2O. The third kappa shape index (κ3) is 4.11. The van der Waals surface area contributed by atoms with Crippen molar-refractivity contribution in [1.29, 1.82) is 0 Å². The van der Waals surface area contributed by atoms with Gasteiger partial charge < -0.3 is 10.6 Å². The highest BCUT2D eigenvalue weighted by molar-refractivity contribution is 5.94. The van der Waals surface area contributed by atoms with E-state index in [0.29, 0.717) is 18.0 Å². The fourth-order valence-electron chi connectivity index (χ4n) is 1.69. The number of hydrogen-bond donors (Lipinski definition) is 1. The Kier molecular flexibility index (Phi) is 5.59. The van der Waals surface area contributed by atoms with E-state index in [4.69, 9.17) is 5.73 Å². The molecule has 3 nitrogen and oxygen atoms in total. The van der Waals surface area contributed by atoms with E-state index in [0.717, 1.165) is 5.56 Å². The van der Waals surface area contributed by atoms with Crippen molar-refractivity contribution in [2.24, 2.45) is 11.7 Å². The van der Waals surface area contributed by atoms with E-state index in [-0.39, 0.29) is 11.9 Å². The summed E-state index contributed by atoms with van der Waals surface area (Å²) in [6.45, 7) is 6.62. The molecule has 1 unspecified atom stereocenters. The Bertz CT molecular complexity index is 480. The predicted octanol–water partition coefficient (Wildman–Crippen LogP) is 2.11. The summed E-state index contributed by atoms with van der Waals surface area (Å²) in [6.07, 6.45) is 0. The summed E-state index contributed by atoms with van der Waals surface area (Å²) in [4.78, 5) is 14.1. The van der Waals surface area contributed by atoms with Gasteiger partial charge in [0.2, 0.25) is 0 Å². The topological polar surface area (TPSA) is 46.3 Å². The van der Waals surface area contributed by atoms with Crippen molar-refractivity contribution in [3.63, 3.8) is 0 Å². The molecule has 0 aliphatic carbocycles. The third-order valence-electron chi connectivity index (χ3n) is 3.36. The minimum atomic E-state index is 0.0412. The van der Waals surface area contributed by atoms with Crippen LogP contribution in [-0.4, -0.2) is 30.4 Å². The quantitative estimate of drug-likeness (QED) is 0.844. The number of hydrogen-bond acceptors (Lipinski definition) is 2. The summed E-state index contributed by atoms with van der Waals surface area (Å²) >= 11 is 0. The van der Waals surface area contributed by atoms with Crippen molar-refractivity contribution in [3.05, 3.63) is 35.4 Å². The van der Waals surface area contributed by atoms with Crippen LogP contribution < -0.4 is 5.73 Å². The summed E-state index contributed by atoms with van der Waals surface area (Å²) in [5.74, 6) is 6.21. The van der Waals surface area contributed by atoms with E-state index in [9.17, 15) is 4.79 Å². The maximum absolute atomic E-state index is 12.3. The molecule has 0 aromatic heterocycles. The Morgan fingerprint density at radius 3 is 2.32 bits per heavy atom. The average molecular weight is 258 g/mol. The average Bonchev–Trinajstić information content (AvgIpc) is 2.43. The highest BCUT2D eigenvalue weighted by Gasteiger charge is 2.19. The van der Waals surface area contributed by atoms with E-state index in [1.807, 2.05) is 31.3 Å². The van der Waals surface area contributed by atoms with Crippen LogP contribution >= 0.6 is 0 Å². The molecule has 1 aromatic carbocycles. The van der Waals surface area contributed by atoms with Gasteiger partial charge in [0, 0.05) is 24.2 Å². The largest absolute Gasteiger partial charge is 0.339 e. The van der Waals surface area contributed by atoms with Crippen LogP contribution in [0.25, 0.3) is 0 Å². The monoisotopic (exact) mass is 258 g/mol. The SMILES string of the molecule is CC(C)C(C)N(C)C(=O)c1ccc(C#CCN)cc1. The predicted molar refractivity (Wildman–Crippen MR) is 78.8 cm³/mol. The van der Waals surface area contributed by atoms with E-state index in [1.165, 1.54) is 0 Å². The number of nitrogens with zero attached hydrogens (tertiary/aromatic N) is 1. The maximum Gasteiger partial charge on any atom is 0.253 e. The van der Waals surface area contributed by atoms with Gasteiger partial charge in [-0.1, -0.05) is 25.7 Å². The molecule has 1 aromatic rings. The lowest BCUT2D eigenvalue weighted by Gasteiger charge is -2.28. The molecule has 19 heavy (non-hydrogen) atoms. The highest BCUT2D eigenvalue weighted by atomic mass is 16.2.